The Morgan fingerprint density at radius 1 is 1.11 bits per heavy atom. The molecule has 1 aliphatic rings. The highest BCUT2D eigenvalue weighted by Crippen LogP contribution is 2.19. The summed E-state index contributed by atoms with van der Waals surface area (Å²) >= 11 is 0. The Balaban J connectivity index is 1.43. The van der Waals surface area contributed by atoms with Crippen molar-refractivity contribution in [3.63, 3.8) is 0 Å². The number of rotatable bonds is 6. The average Bonchev–Trinajstić information content (AvgIpc) is 3.13. The van der Waals surface area contributed by atoms with Crippen molar-refractivity contribution in [2.75, 3.05) is 32.8 Å². The van der Waals surface area contributed by atoms with Crippen LogP contribution in [0.3, 0.4) is 0 Å². The van der Waals surface area contributed by atoms with Gasteiger partial charge in [0.1, 0.15) is 6.54 Å². The van der Waals surface area contributed by atoms with Crippen molar-refractivity contribution < 1.29 is 9.53 Å². The normalized spacial score (nSPS) is 16.3. The number of amides is 1. The summed E-state index contributed by atoms with van der Waals surface area (Å²) in [5.74, 6) is 0.00513. The fraction of sp³-hybridized carbons (Fsp3) is 0.333. The van der Waals surface area contributed by atoms with Crippen molar-refractivity contribution in [3.8, 4) is 0 Å². The molecule has 6 nitrogen and oxygen atoms in total. The molecular weight excluding hydrogens is 340 g/mol. The quantitative estimate of drug-likeness (QED) is 0.729. The van der Waals surface area contributed by atoms with Crippen LogP contribution in [-0.4, -0.2) is 53.2 Å². The van der Waals surface area contributed by atoms with Gasteiger partial charge in [0.2, 0.25) is 5.91 Å². The first-order valence-electron chi connectivity index (χ1n) is 9.34. The number of morpholine rings is 1. The number of pyridine rings is 1. The van der Waals surface area contributed by atoms with Crippen LogP contribution in [0, 0.1) is 0 Å². The molecule has 4 rings (SSSR count). The standard InChI is InChI=1S/C21H24N4O2/c26-21(16-25-10-8-17-5-1-2-7-19(17)25)23-15-20(18-6-3-4-9-22-18)24-11-13-27-14-12-24/h1-10,20H,11-16H2,(H,23,26). The molecule has 1 unspecified atom stereocenters. The van der Waals surface area contributed by atoms with Crippen molar-refractivity contribution in [1.82, 2.24) is 19.8 Å². The molecule has 0 radical (unpaired) electrons. The summed E-state index contributed by atoms with van der Waals surface area (Å²) in [5, 5.41) is 4.24. The van der Waals surface area contributed by atoms with Gasteiger partial charge in [-0.1, -0.05) is 24.3 Å². The van der Waals surface area contributed by atoms with Gasteiger partial charge in [0.25, 0.3) is 0 Å². The maximum atomic E-state index is 12.6. The lowest BCUT2D eigenvalue weighted by atomic mass is 10.1. The van der Waals surface area contributed by atoms with Gasteiger partial charge in [-0.25, -0.2) is 0 Å². The maximum absolute atomic E-state index is 12.6. The van der Waals surface area contributed by atoms with Crippen LogP contribution in [0.15, 0.2) is 60.9 Å². The molecule has 3 heterocycles. The van der Waals surface area contributed by atoms with E-state index in [4.69, 9.17) is 4.74 Å². The molecule has 1 N–H and O–H groups in total. The van der Waals surface area contributed by atoms with Gasteiger partial charge in [0, 0.05) is 37.5 Å². The number of para-hydroxylation sites is 1. The van der Waals surface area contributed by atoms with E-state index < -0.39 is 0 Å². The van der Waals surface area contributed by atoms with Gasteiger partial charge in [-0.15, -0.1) is 0 Å². The summed E-state index contributed by atoms with van der Waals surface area (Å²) in [6.07, 6.45) is 3.76. The second-order valence-electron chi connectivity index (χ2n) is 6.73. The number of carbonyl (C=O) groups is 1. The lowest BCUT2D eigenvalue weighted by molar-refractivity contribution is -0.122. The molecule has 27 heavy (non-hydrogen) atoms. The van der Waals surface area contributed by atoms with E-state index in [1.54, 1.807) is 6.20 Å². The van der Waals surface area contributed by atoms with Crippen molar-refractivity contribution in [3.05, 3.63) is 66.6 Å². The molecule has 6 heteroatoms. The number of aromatic nitrogens is 2. The van der Waals surface area contributed by atoms with Crippen LogP contribution in [0.1, 0.15) is 11.7 Å². The van der Waals surface area contributed by atoms with E-state index in [0.717, 1.165) is 29.7 Å². The summed E-state index contributed by atoms with van der Waals surface area (Å²) in [7, 11) is 0. The smallest absolute Gasteiger partial charge is 0.240 e. The maximum Gasteiger partial charge on any atom is 0.240 e. The Labute approximate surface area is 158 Å². The molecule has 3 aromatic rings. The molecule has 1 fully saturated rings. The Bertz CT molecular complexity index is 887. The van der Waals surface area contributed by atoms with Crippen LogP contribution in [0.4, 0.5) is 0 Å². The molecule has 1 aromatic carbocycles. The zero-order valence-corrected chi connectivity index (χ0v) is 15.3. The van der Waals surface area contributed by atoms with E-state index in [0.29, 0.717) is 26.3 Å². The van der Waals surface area contributed by atoms with Crippen LogP contribution < -0.4 is 5.32 Å². The molecule has 2 aromatic heterocycles. The number of carbonyl (C=O) groups excluding carboxylic acids is 1. The van der Waals surface area contributed by atoms with Gasteiger partial charge in [0.05, 0.1) is 24.9 Å². The number of ether oxygens (including phenoxy) is 1. The third-order valence-electron chi connectivity index (χ3n) is 5.00. The lowest BCUT2D eigenvalue weighted by Crippen LogP contribution is -2.44. The Morgan fingerprint density at radius 2 is 1.93 bits per heavy atom. The van der Waals surface area contributed by atoms with E-state index in [2.05, 4.69) is 21.3 Å². The molecule has 0 spiro atoms. The number of fused-ring (bicyclic) bond motifs is 1. The predicted molar refractivity (Wildman–Crippen MR) is 104 cm³/mol. The zero-order chi connectivity index (χ0) is 18.5. The summed E-state index contributed by atoms with van der Waals surface area (Å²) in [6, 6.07) is 16.1. The first-order valence-corrected chi connectivity index (χ1v) is 9.34. The fourth-order valence-corrected chi connectivity index (χ4v) is 3.58. The molecule has 1 aliphatic heterocycles. The summed E-state index contributed by atoms with van der Waals surface area (Å²) in [5.41, 5.74) is 2.05. The van der Waals surface area contributed by atoms with Crippen molar-refractivity contribution in [2.45, 2.75) is 12.6 Å². The molecule has 0 aliphatic carbocycles. The highest BCUT2D eigenvalue weighted by molar-refractivity contribution is 5.83. The largest absolute Gasteiger partial charge is 0.379 e. The van der Waals surface area contributed by atoms with Crippen molar-refractivity contribution in [1.29, 1.82) is 0 Å². The van der Waals surface area contributed by atoms with Gasteiger partial charge >= 0.3 is 0 Å². The molecular formula is C21H24N4O2. The minimum absolute atomic E-state index is 0.00513. The van der Waals surface area contributed by atoms with E-state index in [1.807, 2.05) is 53.2 Å². The third-order valence-corrected chi connectivity index (χ3v) is 5.00. The van der Waals surface area contributed by atoms with Crippen LogP contribution >= 0.6 is 0 Å². The van der Waals surface area contributed by atoms with Gasteiger partial charge in [0.15, 0.2) is 0 Å². The molecule has 0 saturated carbocycles. The number of hydrogen-bond donors (Lipinski definition) is 1. The minimum Gasteiger partial charge on any atom is -0.379 e. The summed E-state index contributed by atoms with van der Waals surface area (Å²) in [6.45, 7) is 3.97. The second kappa shape index (κ2) is 8.33. The van der Waals surface area contributed by atoms with Crippen LogP contribution in [-0.2, 0) is 16.1 Å². The van der Waals surface area contributed by atoms with E-state index in [1.165, 1.54) is 0 Å². The molecule has 140 valence electrons. The monoisotopic (exact) mass is 364 g/mol. The Kier molecular flexibility index (Phi) is 5.46. The van der Waals surface area contributed by atoms with Crippen LogP contribution in [0.2, 0.25) is 0 Å². The van der Waals surface area contributed by atoms with Gasteiger partial charge in [-0.2, -0.15) is 0 Å². The van der Waals surface area contributed by atoms with E-state index >= 15 is 0 Å². The number of benzene rings is 1. The van der Waals surface area contributed by atoms with E-state index in [9.17, 15) is 4.79 Å². The average molecular weight is 364 g/mol. The van der Waals surface area contributed by atoms with Crippen molar-refractivity contribution in [2.24, 2.45) is 0 Å². The Morgan fingerprint density at radius 3 is 2.74 bits per heavy atom. The highest BCUT2D eigenvalue weighted by Gasteiger charge is 2.24. The Hall–Kier alpha value is -2.70. The topological polar surface area (TPSA) is 59.4 Å². The number of hydrogen-bond acceptors (Lipinski definition) is 4. The van der Waals surface area contributed by atoms with Gasteiger partial charge in [-0.3, -0.25) is 14.7 Å². The summed E-state index contributed by atoms with van der Waals surface area (Å²) < 4.78 is 7.45. The van der Waals surface area contributed by atoms with Gasteiger partial charge < -0.3 is 14.6 Å². The lowest BCUT2D eigenvalue weighted by Gasteiger charge is -2.34. The van der Waals surface area contributed by atoms with Gasteiger partial charge in [-0.05, 0) is 29.7 Å². The first-order chi connectivity index (χ1) is 13.3. The van der Waals surface area contributed by atoms with E-state index in [-0.39, 0.29) is 11.9 Å². The van der Waals surface area contributed by atoms with Crippen molar-refractivity contribution >= 4 is 16.8 Å². The first kappa shape index (κ1) is 17.7. The molecule has 0 bridgehead atoms. The molecule has 1 saturated heterocycles. The van der Waals surface area contributed by atoms with Crippen LogP contribution in [0.5, 0.6) is 0 Å². The molecule has 1 atom stereocenters. The zero-order valence-electron chi connectivity index (χ0n) is 15.3. The summed E-state index contributed by atoms with van der Waals surface area (Å²) in [4.78, 5) is 19.4. The fourth-order valence-electron chi connectivity index (χ4n) is 3.58. The number of nitrogens with one attached hydrogen (secondary N) is 1. The third kappa shape index (κ3) is 4.18. The highest BCUT2D eigenvalue weighted by atomic mass is 16.5. The second-order valence-corrected chi connectivity index (χ2v) is 6.73. The number of nitrogens with zero attached hydrogens (tertiary/aromatic N) is 3. The molecule has 1 amide bonds. The van der Waals surface area contributed by atoms with Crippen LogP contribution in [0.25, 0.3) is 10.9 Å². The predicted octanol–water partition coefficient (Wildman–Crippen LogP) is 2.23. The minimum atomic E-state index is 0.00513. The SMILES string of the molecule is O=C(Cn1ccc2ccccc21)NCC(c1ccccn1)N1CCOCC1.